The monoisotopic (exact) mass is 471 g/mol. The third-order valence-electron chi connectivity index (χ3n) is 4.49. The summed E-state index contributed by atoms with van der Waals surface area (Å²) >= 11 is 0. The van der Waals surface area contributed by atoms with Crippen LogP contribution in [0.15, 0.2) is 40.0 Å². The largest absolute Gasteiger partial charge is 0.573 e. The quantitative estimate of drug-likeness (QED) is 0.223. The number of rotatable bonds is 7. The topological polar surface area (TPSA) is 164 Å². The Morgan fingerprint density at radius 3 is 2.58 bits per heavy atom. The summed E-state index contributed by atoms with van der Waals surface area (Å²) in [7, 11) is 0. The molecule has 0 radical (unpaired) electrons. The number of aromatic nitrogens is 1. The van der Waals surface area contributed by atoms with Crippen molar-refractivity contribution >= 4 is 23.5 Å². The number of piperazine rings is 1. The Hall–Kier alpha value is -4.01. The highest BCUT2D eigenvalue weighted by Gasteiger charge is 2.31. The number of amides is 1. The van der Waals surface area contributed by atoms with Gasteiger partial charge >= 0.3 is 12.3 Å². The molecule has 178 valence electrons. The van der Waals surface area contributed by atoms with Gasteiger partial charge in [-0.15, -0.1) is 18.3 Å². The van der Waals surface area contributed by atoms with Gasteiger partial charge in [0.25, 0.3) is 5.91 Å². The Labute approximate surface area is 184 Å². The van der Waals surface area contributed by atoms with Crippen molar-refractivity contribution in [1.29, 1.82) is 0 Å². The number of hydrogen-bond donors (Lipinski definition) is 3. The molecule has 1 aliphatic heterocycles. The molecule has 33 heavy (non-hydrogen) atoms. The average Bonchev–Trinajstić information content (AvgIpc) is 3.22. The summed E-state index contributed by atoms with van der Waals surface area (Å²) < 4.78 is 46.2. The third-order valence-corrected chi connectivity index (χ3v) is 4.49. The van der Waals surface area contributed by atoms with Gasteiger partial charge in [0.2, 0.25) is 5.76 Å². The van der Waals surface area contributed by atoms with Gasteiger partial charge in [0.05, 0.1) is 0 Å². The van der Waals surface area contributed by atoms with Crippen LogP contribution in [0.25, 0.3) is 0 Å². The second-order valence-electron chi connectivity index (χ2n) is 6.88. The number of ether oxygens (including phenoxy) is 1. The van der Waals surface area contributed by atoms with Crippen LogP contribution in [-0.2, 0) is 4.79 Å². The Kier molecular flexibility index (Phi) is 6.91. The van der Waals surface area contributed by atoms with E-state index in [9.17, 15) is 22.8 Å². The molecule has 1 fully saturated rings. The standard InChI is InChI=1S/C18H20F3N7O5/c19-18(20,21)32-12-3-1-2-11(8-12)17(31)27-6-4-26(5-7-27)14-9-13(33-25-14)16(22)24-28(23)10-15(29)30/h1-3,8-9H,4-7,10,23H2,(H2,22,24)(H,29,30). The second-order valence-corrected chi connectivity index (χ2v) is 6.88. The molecule has 0 unspecified atom stereocenters. The van der Waals surface area contributed by atoms with E-state index in [-0.39, 0.29) is 30.2 Å². The fourth-order valence-electron chi connectivity index (χ4n) is 3.04. The van der Waals surface area contributed by atoms with E-state index in [0.29, 0.717) is 24.0 Å². The van der Waals surface area contributed by atoms with Gasteiger partial charge < -0.3 is 29.9 Å². The average molecular weight is 471 g/mol. The number of nitrogens with two attached hydrogens (primary N) is 2. The zero-order chi connectivity index (χ0) is 24.2. The molecule has 12 nitrogen and oxygen atoms in total. The van der Waals surface area contributed by atoms with Crippen LogP contribution in [-0.4, -0.2) is 77.1 Å². The van der Waals surface area contributed by atoms with E-state index in [2.05, 4.69) is 15.0 Å². The smallest absolute Gasteiger partial charge is 0.480 e. The van der Waals surface area contributed by atoms with Crippen LogP contribution >= 0.6 is 0 Å². The Balaban J connectivity index is 1.59. The molecular weight excluding hydrogens is 451 g/mol. The van der Waals surface area contributed by atoms with Crippen LogP contribution in [0.3, 0.4) is 0 Å². The summed E-state index contributed by atoms with van der Waals surface area (Å²) in [5.74, 6) is 3.62. The molecular formula is C18H20F3N7O5. The first kappa shape index (κ1) is 23.6. The number of carboxylic acids is 1. The number of amidine groups is 1. The van der Waals surface area contributed by atoms with E-state index in [1.807, 2.05) is 4.90 Å². The van der Waals surface area contributed by atoms with E-state index in [1.165, 1.54) is 23.1 Å². The molecule has 0 spiro atoms. The lowest BCUT2D eigenvalue weighted by Gasteiger charge is -2.34. The first-order valence-electron chi connectivity index (χ1n) is 9.47. The van der Waals surface area contributed by atoms with Gasteiger partial charge in [0.1, 0.15) is 5.75 Å². The number of carbonyl (C=O) groups excluding carboxylic acids is 1. The number of hydrogen-bond acceptors (Lipinski definition) is 9. The van der Waals surface area contributed by atoms with Gasteiger partial charge in [-0.1, -0.05) is 11.2 Å². The number of hydrazone groups is 1. The number of halogens is 3. The molecule has 1 aromatic carbocycles. The van der Waals surface area contributed by atoms with Crippen molar-refractivity contribution in [3.05, 3.63) is 41.7 Å². The van der Waals surface area contributed by atoms with Crippen LogP contribution in [0.2, 0.25) is 0 Å². The normalized spacial score (nSPS) is 14.8. The highest BCUT2D eigenvalue weighted by molar-refractivity contribution is 5.95. The minimum absolute atomic E-state index is 0.0746. The molecule has 0 bridgehead atoms. The van der Waals surface area contributed by atoms with Crippen LogP contribution < -0.4 is 21.2 Å². The predicted octanol–water partition coefficient (Wildman–Crippen LogP) is 0.416. The summed E-state index contributed by atoms with van der Waals surface area (Å²) in [6.07, 6.45) is -4.85. The van der Waals surface area contributed by atoms with Gasteiger partial charge in [0.15, 0.2) is 18.2 Å². The minimum atomic E-state index is -4.85. The maximum Gasteiger partial charge on any atom is 0.573 e. The van der Waals surface area contributed by atoms with E-state index >= 15 is 0 Å². The molecule has 2 aromatic rings. The molecule has 1 aliphatic rings. The van der Waals surface area contributed by atoms with Crippen molar-refractivity contribution in [2.75, 3.05) is 37.6 Å². The zero-order valence-corrected chi connectivity index (χ0v) is 17.0. The van der Waals surface area contributed by atoms with Crippen LogP contribution in [0.4, 0.5) is 19.0 Å². The van der Waals surface area contributed by atoms with Crippen molar-refractivity contribution in [1.82, 2.24) is 15.2 Å². The Morgan fingerprint density at radius 1 is 1.24 bits per heavy atom. The maximum absolute atomic E-state index is 12.7. The Bertz CT molecular complexity index is 1030. The summed E-state index contributed by atoms with van der Waals surface area (Å²) in [6, 6.07) is 6.37. The van der Waals surface area contributed by atoms with Crippen LogP contribution in [0, 0.1) is 0 Å². The SMILES string of the molecule is N/C(=N\N(N)CC(=O)O)c1cc(N2CCN(C(=O)c3cccc(OC(F)(F)F)c3)CC2)no1. The number of carbonyl (C=O) groups is 2. The van der Waals surface area contributed by atoms with E-state index in [4.69, 9.17) is 21.2 Å². The molecule has 1 saturated heterocycles. The number of nitrogens with zero attached hydrogens (tertiary/aromatic N) is 5. The summed E-state index contributed by atoms with van der Waals surface area (Å²) in [5.41, 5.74) is 5.82. The maximum atomic E-state index is 12.7. The van der Waals surface area contributed by atoms with Crippen molar-refractivity contribution in [2.24, 2.45) is 16.7 Å². The Morgan fingerprint density at radius 2 is 1.94 bits per heavy atom. The fourth-order valence-corrected chi connectivity index (χ4v) is 3.04. The third kappa shape index (κ3) is 6.49. The van der Waals surface area contributed by atoms with E-state index < -0.39 is 30.5 Å². The molecule has 0 saturated carbocycles. The summed E-state index contributed by atoms with van der Waals surface area (Å²) in [4.78, 5) is 26.6. The van der Waals surface area contributed by atoms with Crippen molar-refractivity contribution in [3.63, 3.8) is 0 Å². The molecule has 1 aromatic heterocycles. The second kappa shape index (κ2) is 9.64. The van der Waals surface area contributed by atoms with E-state index in [1.54, 1.807) is 0 Å². The lowest BCUT2D eigenvalue weighted by molar-refractivity contribution is -0.274. The van der Waals surface area contributed by atoms with Crippen molar-refractivity contribution in [2.45, 2.75) is 6.36 Å². The van der Waals surface area contributed by atoms with Crippen LogP contribution in [0.1, 0.15) is 16.1 Å². The highest BCUT2D eigenvalue weighted by atomic mass is 19.4. The van der Waals surface area contributed by atoms with Crippen molar-refractivity contribution in [3.8, 4) is 5.75 Å². The first-order chi connectivity index (χ1) is 15.5. The highest BCUT2D eigenvalue weighted by Crippen LogP contribution is 2.24. The molecule has 0 aliphatic carbocycles. The van der Waals surface area contributed by atoms with Gasteiger partial charge in [-0.2, -0.15) is 0 Å². The van der Waals surface area contributed by atoms with Crippen LogP contribution in [0.5, 0.6) is 5.75 Å². The predicted molar refractivity (Wildman–Crippen MR) is 107 cm³/mol. The number of anilines is 1. The molecule has 1 amide bonds. The van der Waals surface area contributed by atoms with Gasteiger partial charge in [-0.25, -0.2) is 11.0 Å². The molecule has 15 heteroatoms. The molecule has 5 N–H and O–H groups in total. The van der Waals surface area contributed by atoms with Gasteiger partial charge in [0, 0.05) is 37.8 Å². The lowest BCUT2D eigenvalue weighted by Crippen LogP contribution is -2.48. The fraction of sp³-hybridized carbons (Fsp3) is 0.333. The van der Waals surface area contributed by atoms with Gasteiger partial charge in [-0.3, -0.25) is 9.59 Å². The lowest BCUT2D eigenvalue weighted by atomic mass is 10.1. The summed E-state index contributed by atoms with van der Waals surface area (Å²) in [5, 5.41) is 16.9. The summed E-state index contributed by atoms with van der Waals surface area (Å²) in [6.45, 7) is 0.738. The number of aliphatic carboxylic acids is 1. The van der Waals surface area contributed by atoms with E-state index in [0.717, 1.165) is 12.1 Å². The number of carboxylic acid groups (broad SMARTS) is 1. The molecule has 2 heterocycles. The first-order valence-corrected chi connectivity index (χ1v) is 9.47. The number of benzene rings is 1. The number of hydrazine groups is 1. The zero-order valence-electron chi connectivity index (χ0n) is 17.0. The minimum Gasteiger partial charge on any atom is -0.480 e. The number of alkyl halides is 3. The van der Waals surface area contributed by atoms with Gasteiger partial charge in [-0.05, 0) is 18.2 Å². The molecule has 3 rings (SSSR count). The van der Waals surface area contributed by atoms with Crippen molar-refractivity contribution < 1.29 is 37.1 Å². The molecule has 0 atom stereocenters.